The average Bonchev–Trinajstić information content (AvgIpc) is 3.20. The fraction of sp³-hybridized carbons (Fsp3) is 0.190. The van der Waals surface area contributed by atoms with E-state index in [0.717, 1.165) is 22.1 Å². The van der Waals surface area contributed by atoms with Gasteiger partial charge >= 0.3 is 0 Å². The van der Waals surface area contributed by atoms with E-state index in [1.165, 1.54) is 0 Å². The van der Waals surface area contributed by atoms with Gasteiger partial charge < -0.3 is 14.2 Å². The number of aryl methyl sites for hydroxylation is 3. The summed E-state index contributed by atoms with van der Waals surface area (Å²) in [5.74, 6) is 1.19. The molecule has 4 rings (SSSR count). The Hall–Kier alpha value is -3.41. The molecule has 0 radical (unpaired) electrons. The minimum atomic E-state index is -0.262. The lowest BCUT2D eigenvalue weighted by atomic mass is 10.1. The lowest BCUT2D eigenvalue weighted by Gasteiger charge is -2.05. The third-order valence-corrected chi connectivity index (χ3v) is 4.43. The maximum atomic E-state index is 12.6. The van der Waals surface area contributed by atoms with E-state index in [1.807, 2.05) is 56.3 Å². The normalized spacial score (nSPS) is 11.1. The molecule has 0 saturated carbocycles. The van der Waals surface area contributed by atoms with Crippen LogP contribution < -0.4 is 5.32 Å². The van der Waals surface area contributed by atoms with Crippen LogP contribution >= 0.6 is 0 Å². The molecule has 4 aromatic rings. The van der Waals surface area contributed by atoms with Gasteiger partial charge in [0.2, 0.25) is 11.8 Å². The number of hydrogen-bond donors (Lipinski definition) is 1. The fourth-order valence-electron chi connectivity index (χ4n) is 3.03. The Labute approximate surface area is 156 Å². The second kappa shape index (κ2) is 6.72. The summed E-state index contributed by atoms with van der Waals surface area (Å²) in [5.41, 5.74) is 4.40. The first-order chi connectivity index (χ1) is 13.0. The van der Waals surface area contributed by atoms with Gasteiger partial charge in [-0.05, 0) is 43.7 Å². The van der Waals surface area contributed by atoms with E-state index in [2.05, 4.69) is 15.5 Å². The maximum absolute atomic E-state index is 12.6. The first-order valence-corrected chi connectivity index (χ1v) is 8.68. The molecule has 0 saturated heterocycles. The van der Waals surface area contributed by atoms with Crippen LogP contribution in [0.15, 0.2) is 51.3 Å². The Bertz CT molecular complexity index is 1120. The lowest BCUT2D eigenvalue weighted by Crippen LogP contribution is -2.12. The Morgan fingerprint density at radius 3 is 2.48 bits per heavy atom. The van der Waals surface area contributed by atoms with Gasteiger partial charge in [-0.3, -0.25) is 4.79 Å². The molecule has 0 aliphatic heterocycles. The fourth-order valence-corrected chi connectivity index (χ4v) is 3.03. The number of furan rings is 1. The second-order valence-electron chi connectivity index (χ2n) is 6.60. The summed E-state index contributed by atoms with van der Waals surface area (Å²) in [6.07, 6.45) is 0.553. The summed E-state index contributed by atoms with van der Waals surface area (Å²) in [5, 5.41) is 11.7. The smallest absolute Gasteiger partial charge is 0.291 e. The Kier molecular flexibility index (Phi) is 4.24. The zero-order valence-corrected chi connectivity index (χ0v) is 15.4. The van der Waals surface area contributed by atoms with Crippen molar-refractivity contribution >= 4 is 22.6 Å². The van der Waals surface area contributed by atoms with Crippen LogP contribution in [-0.4, -0.2) is 16.1 Å². The Morgan fingerprint density at radius 1 is 1.00 bits per heavy atom. The number of nitrogens with one attached hydrogen (secondary N) is 1. The van der Waals surface area contributed by atoms with Crippen LogP contribution in [0.4, 0.5) is 5.69 Å². The van der Waals surface area contributed by atoms with Gasteiger partial charge in [0.15, 0.2) is 5.76 Å². The molecule has 2 heterocycles. The molecule has 6 nitrogen and oxygen atoms in total. The number of aromatic nitrogens is 2. The van der Waals surface area contributed by atoms with Gasteiger partial charge in [-0.25, -0.2) is 0 Å². The average molecular weight is 361 g/mol. The van der Waals surface area contributed by atoms with E-state index in [1.54, 1.807) is 6.92 Å². The van der Waals surface area contributed by atoms with Crippen LogP contribution in [0.5, 0.6) is 0 Å². The zero-order chi connectivity index (χ0) is 19.0. The van der Waals surface area contributed by atoms with Crippen molar-refractivity contribution in [3.63, 3.8) is 0 Å². The third kappa shape index (κ3) is 3.46. The lowest BCUT2D eigenvalue weighted by molar-refractivity contribution is 0.0998. The number of benzene rings is 2. The first kappa shape index (κ1) is 17.0. The standard InChI is InChI=1S/C21H19N3O3/c1-12-4-9-18-17(10-12)13(2)20(27-18)21(25)22-16-7-5-15(6-8-16)11-19-24-23-14(3)26-19/h4-10H,11H2,1-3H3,(H,22,25). The number of nitrogens with zero attached hydrogens (tertiary/aromatic N) is 2. The highest BCUT2D eigenvalue weighted by Crippen LogP contribution is 2.27. The van der Waals surface area contributed by atoms with E-state index in [9.17, 15) is 4.79 Å². The van der Waals surface area contributed by atoms with Gasteiger partial charge in [0.05, 0.1) is 6.42 Å². The van der Waals surface area contributed by atoms with E-state index < -0.39 is 0 Å². The minimum Gasteiger partial charge on any atom is -0.451 e. The molecule has 136 valence electrons. The quantitative estimate of drug-likeness (QED) is 0.575. The Morgan fingerprint density at radius 2 is 1.78 bits per heavy atom. The topological polar surface area (TPSA) is 81.2 Å². The van der Waals surface area contributed by atoms with E-state index in [-0.39, 0.29) is 5.91 Å². The summed E-state index contributed by atoms with van der Waals surface area (Å²) in [6.45, 7) is 5.68. The van der Waals surface area contributed by atoms with Crippen LogP contribution in [0.2, 0.25) is 0 Å². The molecule has 2 aromatic heterocycles. The summed E-state index contributed by atoms with van der Waals surface area (Å²) in [6, 6.07) is 13.4. The van der Waals surface area contributed by atoms with E-state index >= 15 is 0 Å². The van der Waals surface area contributed by atoms with Gasteiger partial charge in [0.25, 0.3) is 5.91 Å². The summed E-state index contributed by atoms with van der Waals surface area (Å²) < 4.78 is 11.1. The summed E-state index contributed by atoms with van der Waals surface area (Å²) in [7, 11) is 0. The molecule has 0 aliphatic rings. The van der Waals surface area contributed by atoms with Crippen LogP contribution in [0.1, 0.15) is 39.0 Å². The minimum absolute atomic E-state index is 0.262. The van der Waals surface area contributed by atoms with Crippen molar-refractivity contribution in [2.24, 2.45) is 0 Å². The molecule has 0 bridgehead atoms. The van der Waals surface area contributed by atoms with Crippen LogP contribution in [-0.2, 0) is 6.42 Å². The number of rotatable bonds is 4. The second-order valence-corrected chi connectivity index (χ2v) is 6.60. The first-order valence-electron chi connectivity index (χ1n) is 8.68. The number of hydrogen-bond acceptors (Lipinski definition) is 5. The number of carbonyl (C=O) groups excluding carboxylic acids is 1. The molecule has 0 fully saturated rings. The van der Waals surface area contributed by atoms with E-state index in [0.29, 0.717) is 35.2 Å². The molecule has 0 aliphatic carbocycles. The zero-order valence-electron chi connectivity index (χ0n) is 15.4. The number of fused-ring (bicyclic) bond motifs is 1. The van der Waals surface area contributed by atoms with Crippen LogP contribution in [0.3, 0.4) is 0 Å². The van der Waals surface area contributed by atoms with E-state index in [4.69, 9.17) is 8.83 Å². The largest absolute Gasteiger partial charge is 0.451 e. The van der Waals surface area contributed by atoms with Crippen molar-refractivity contribution in [1.29, 1.82) is 0 Å². The molecule has 0 atom stereocenters. The molecule has 0 unspecified atom stereocenters. The van der Waals surface area contributed by atoms with Crippen molar-refractivity contribution in [2.45, 2.75) is 27.2 Å². The molecular formula is C21H19N3O3. The van der Waals surface area contributed by atoms with Gasteiger partial charge in [0, 0.05) is 23.6 Å². The van der Waals surface area contributed by atoms with Crippen LogP contribution in [0.25, 0.3) is 11.0 Å². The molecule has 1 amide bonds. The molecule has 0 spiro atoms. The van der Waals surface area contributed by atoms with Crippen molar-refractivity contribution in [3.05, 3.63) is 76.7 Å². The molecule has 27 heavy (non-hydrogen) atoms. The van der Waals surface area contributed by atoms with Crippen molar-refractivity contribution in [1.82, 2.24) is 10.2 Å². The Balaban J connectivity index is 1.50. The van der Waals surface area contributed by atoms with Gasteiger partial charge in [0.1, 0.15) is 5.58 Å². The number of anilines is 1. The monoisotopic (exact) mass is 361 g/mol. The molecular weight excluding hydrogens is 342 g/mol. The van der Waals surface area contributed by atoms with Gasteiger partial charge in [-0.15, -0.1) is 10.2 Å². The molecule has 2 aromatic carbocycles. The van der Waals surface area contributed by atoms with Gasteiger partial charge in [-0.1, -0.05) is 23.8 Å². The predicted molar refractivity (Wildman–Crippen MR) is 102 cm³/mol. The highest BCUT2D eigenvalue weighted by molar-refractivity contribution is 6.06. The van der Waals surface area contributed by atoms with Crippen molar-refractivity contribution in [2.75, 3.05) is 5.32 Å². The highest BCUT2D eigenvalue weighted by Gasteiger charge is 2.18. The highest BCUT2D eigenvalue weighted by atomic mass is 16.4. The van der Waals surface area contributed by atoms with Crippen LogP contribution in [0, 0.1) is 20.8 Å². The number of carbonyl (C=O) groups is 1. The van der Waals surface area contributed by atoms with Crippen molar-refractivity contribution in [3.8, 4) is 0 Å². The third-order valence-electron chi connectivity index (χ3n) is 4.43. The maximum Gasteiger partial charge on any atom is 0.291 e. The molecule has 1 N–H and O–H groups in total. The SMILES string of the molecule is Cc1ccc2oc(C(=O)Nc3ccc(Cc4nnc(C)o4)cc3)c(C)c2c1. The predicted octanol–water partition coefficient (Wildman–Crippen LogP) is 4.58. The molecule has 6 heteroatoms. The van der Waals surface area contributed by atoms with Gasteiger partial charge in [-0.2, -0.15) is 0 Å². The number of amides is 1. The van der Waals surface area contributed by atoms with Crippen molar-refractivity contribution < 1.29 is 13.6 Å². The summed E-state index contributed by atoms with van der Waals surface area (Å²) >= 11 is 0. The summed E-state index contributed by atoms with van der Waals surface area (Å²) in [4.78, 5) is 12.6.